The highest BCUT2D eigenvalue weighted by Gasteiger charge is 2.15. The van der Waals surface area contributed by atoms with Crippen LogP contribution in [-0.4, -0.2) is 42.6 Å². The van der Waals surface area contributed by atoms with Crippen LogP contribution in [0.2, 0.25) is 0 Å². The van der Waals surface area contributed by atoms with Gasteiger partial charge in [0.25, 0.3) is 0 Å². The highest BCUT2D eigenvalue weighted by Crippen LogP contribution is 2.21. The Morgan fingerprint density at radius 1 is 1.42 bits per heavy atom. The van der Waals surface area contributed by atoms with Crippen LogP contribution in [0.25, 0.3) is 0 Å². The number of hydrogen-bond donors (Lipinski definition) is 1. The second kappa shape index (κ2) is 7.55. The first kappa shape index (κ1) is 14.4. The zero-order chi connectivity index (χ0) is 13.5. The third kappa shape index (κ3) is 4.54. The summed E-state index contributed by atoms with van der Waals surface area (Å²) in [5.41, 5.74) is 0. The predicted molar refractivity (Wildman–Crippen MR) is 77.0 cm³/mol. The van der Waals surface area contributed by atoms with E-state index in [0.29, 0.717) is 18.4 Å². The van der Waals surface area contributed by atoms with Crippen molar-refractivity contribution in [2.24, 2.45) is 5.92 Å². The molecule has 0 aromatic carbocycles. The van der Waals surface area contributed by atoms with Crippen LogP contribution < -0.4 is 10.1 Å². The van der Waals surface area contributed by atoms with E-state index in [1.54, 1.807) is 0 Å². The fourth-order valence-corrected chi connectivity index (χ4v) is 2.33. The summed E-state index contributed by atoms with van der Waals surface area (Å²) in [6.45, 7) is 5.28. The molecular formula is C13H21N3O2S. The summed E-state index contributed by atoms with van der Waals surface area (Å²) in [6.07, 6.45) is 4.11. The van der Waals surface area contributed by atoms with Crippen molar-refractivity contribution in [2.45, 2.75) is 24.9 Å². The molecule has 1 fully saturated rings. The average Bonchev–Trinajstić information content (AvgIpc) is 2.46. The minimum atomic E-state index is 0.573. The Morgan fingerprint density at radius 3 is 2.89 bits per heavy atom. The lowest BCUT2D eigenvalue weighted by atomic mass is 10.0. The van der Waals surface area contributed by atoms with E-state index >= 15 is 0 Å². The van der Waals surface area contributed by atoms with Crippen LogP contribution in [0.5, 0.6) is 5.88 Å². The fourth-order valence-electron chi connectivity index (χ4n) is 1.96. The van der Waals surface area contributed by atoms with Crippen molar-refractivity contribution in [2.75, 3.05) is 37.9 Å². The van der Waals surface area contributed by atoms with Gasteiger partial charge in [0, 0.05) is 25.8 Å². The van der Waals surface area contributed by atoms with Gasteiger partial charge in [-0.25, -0.2) is 4.98 Å². The number of nitrogens with zero attached hydrogens (tertiary/aromatic N) is 2. The average molecular weight is 283 g/mol. The Bertz CT molecular complexity index is 397. The molecule has 0 atom stereocenters. The third-order valence-electron chi connectivity index (χ3n) is 3.03. The Labute approximate surface area is 118 Å². The van der Waals surface area contributed by atoms with Gasteiger partial charge in [-0.15, -0.1) is 0 Å². The monoisotopic (exact) mass is 283 g/mol. The van der Waals surface area contributed by atoms with E-state index in [4.69, 9.17) is 9.47 Å². The fraction of sp³-hybridized carbons (Fsp3) is 0.692. The maximum Gasteiger partial charge on any atom is 0.219 e. The highest BCUT2D eigenvalue weighted by atomic mass is 32.2. The molecule has 19 heavy (non-hydrogen) atoms. The van der Waals surface area contributed by atoms with E-state index in [1.807, 2.05) is 19.2 Å². The molecule has 1 aliphatic rings. The van der Waals surface area contributed by atoms with Crippen LogP contribution in [-0.2, 0) is 4.74 Å². The summed E-state index contributed by atoms with van der Waals surface area (Å²) in [4.78, 5) is 8.75. The molecule has 0 bridgehead atoms. The Hall–Kier alpha value is -1.01. The summed E-state index contributed by atoms with van der Waals surface area (Å²) in [7, 11) is 0. The zero-order valence-electron chi connectivity index (χ0n) is 11.5. The number of rotatable bonds is 6. The van der Waals surface area contributed by atoms with Gasteiger partial charge in [0.05, 0.1) is 6.61 Å². The van der Waals surface area contributed by atoms with E-state index in [9.17, 15) is 0 Å². The van der Waals surface area contributed by atoms with Crippen LogP contribution in [0.4, 0.5) is 5.82 Å². The standard InChI is InChI=1S/C13H21N3O2S/c1-3-14-11-8-12(16-13(15-11)19-2)18-9-10-4-6-17-7-5-10/h8,10H,3-7,9H2,1-2H3,(H,14,15,16). The molecule has 5 nitrogen and oxygen atoms in total. The Balaban J connectivity index is 1.95. The first-order valence-electron chi connectivity index (χ1n) is 6.69. The number of hydrogen-bond acceptors (Lipinski definition) is 6. The van der Waals surface area contributed by atoms with Gasteiger partial charge < -0.3 is 14.8 Å². The second-order valence-corrected chi connectivity index (χ2v) is 5.25. The maximum atomic E-state index is 5.81. The summed E-state index contributed by atoms with van der Waals surface area (Å²) in [5.74, 6) is 2.05. The van der Waals surface area contributed by atoms with E-state index in [2.05, 4.69) is 15.3 Å². The van der Waals surface area contributed by atoms with Gasteiger partial charge in [0.15, 0.2) is 5.16 Å². The quantitative estimate of drug-likeness (QED) is 0.639. The third-order valence-corrected chi connectivity index (χ3v) is 3.58. The molecule has 0 unspecified atom stereocenters. The molecule has 0 aliphatic carbocycles. The van der Waals surface area contributed by atoms with E-state index in [-0.39, 0.29) is 0 Å². The molecular weight excluding hydrogens is 262 g/mol. The minimum Gasteiger partial charge on any atom is -0.477 e. The molecule has 6 heteroatoms. The molecule has 1 aliphatic heterocycles. The molecule has 1 N–H and O–H groups in total. The van der Waals surface area contributed by atoms with Crippen molar-refractivity contribution in [3.63, 3.8) is 0 Å². The van der Waals surface area contributed by atoms with Crippen molar-refractivity contribution < 1.29 is 9.47 Å². The smallest absolute Gasteiger partial charge is 0.219 e. The lowest BCUT2D eigenvalue weighted by molar-refractivity contribution is 0.0489. The van der Waals surface area contributed by atoms with Gasteiger partial charge in [-0.1, -0.05) is 11.8 Å². The lowest BCUT2D eigenvalue weighted by Gasteiger charge is -2.21. The molecule has 0 amide bonds. The largest absolute Gasteiger partial charge is 0.477 e. The van der Waals surface area contributed by atoms with Crippen molar-refractivity contribution in [3.8, 4) is 5.88 Å². The van der Waals surface area contributed by atoms with E-state index in [1.165, 1.54) is 11.8 Å². The first-order valence-corrected chi connectivity index (χ1v) is 7.91. The topological polar surface area (TPSA) is 56.3 Å². The molecule has 2 heterocycles. The summed E-state index contributed by atoms with van der Waals surface area (Å²) in [5, 5.41) is 3.93. The van der Waals surface area contributed by atoms with Crippen LogP contribution in [0.3, 0.4) is 0 Å². The SMILES string of the molecule is CCNc1cc(OCC2CCOCC2)nc(SC)n1. The molecule has 1 saturated heterocycles. The van der Waals surface area contributed by atoms with Crippen LogP contribution in [0.15, 0.2) is 11.2 Å². The Kier molecular flexibility index (Phi) is 5.72. The minimum absolute atomic E-state index is 0.573. The second-order valence-electron chi connectivity index (χ2n) is 4.48. The van der Waals surface area contributed by atoms with E-state index < -0.39 is 0 Å². The number of nitrogens with one attached hydrogen (secondary N) is 1. The van der Waals surface area contributed by atoms with Gasteiger partial charge in [-0.3, -0.25) is 0 Å². The predicted octanol–water partition coefficient (Wildman–Crippen LogP) is 2.44. The van der Waals surface area contributed by atoms with Crippen molar-refractivity contribution >= 4 is 17.6 Å². The molecule has 2 rings (SSSR count). The van der Waals surface area contributed by atoms with Crippen molar-refractivity contribution in [1.82, 2.24) is 9.97 Å². The zero-order valence-corrected chi connectivity index (χ0v) is 12.3. The lowest BCUT2D eigenvalue weighted by Crippen LogP contribution is -2.21. The summed E-state index contributed by atoms with van der Waals surface area (Å²) >= 11 is 1.52. The van der Waals surface area contributed by atoms with Crippen LogP contribution in [0, 0.1) is 5.92 Å². The molecule has 0 radical (unpaired) electrons. The molecule has 1 aromatic heterocycles. The van der Waals surface area contributed by atoms with Crippen LogP contribution >= 0.6 is 11.8 Å². The molecule has 0 saturated carbocycles. The van der Waals surface area contributed by atoms with Crippen molar-refractivity contribution in [1.29, 1.82) is 0 Å². The summed E-state index contributed by atoms with van der Waals surface area (Å²) in [6, 6.07) is 1.86. The van der Waals surface area contributed by atoms with Gasteiger partial charge in [0.2, 0.25) is 5.88 Å². The molecule has 106 valence electrons. The van der Waals surface area contributed by atoms with Gasteiger partial charge in [-0.05, 0) is 31.9 Å². The van der Waals surface area contributed by atoms with Gasteiger partial charge in [0.1, 0.15) is 5.82 Å². The van der Waals surface area contributed by atoms with Crippen molar-refractivity contribution in [3.05, 3.63) is 6.07 Å². The van der Waals surface area contributed by atoms with Crippen LogP contribution in [0.1, 0.15) is 19.8 Å². The van der Waals surface area contributed by atoms with E-state index in [0.717, 1.165) is 43.6 Å². The molecule has 1 aromatic rings. The first-order chi connectivity index (χ1) is 9.31. The summed E-state index contributed by atoms with van der Waals surface area (Å²) < 4.78 is 11.2. The normalized spacial score (nSPS) is 16.3. The highest BCUT2D eigenvalue weighted by molar-refractivity contribution is 7.98. The van der Waals surface area contributed by atoms with Gasteiger partial charge in [-0.2, -0.15) is 4.98 Å². The number of ether oxygens (including phenoxy) is 2. The molecule has 0 spiro atoms. The number of anilines is 1. The van der Waals surface area contributed by atoms with Gasteiger partial charge >= 0.3 is 0 Å². The Morgan fingerprint density at radius 2 is 2.21 bits per heavy atom. The number of thioether (sulfide) groups is 1. The maximum absolute atomic E-state index is 5.81. The number of aromatic nitrogens is 2.